The van der Waals surface area contributed by atoms with Crippen molar-refractivity contribution < 1.29 is 19.1 Å². The number of hydrogen-bond acceptors (Lipinski definition) is 9. The van der Waals surface area contributed by atoms with E-state index in [4.69, 9.17) is 42.3 Å². The summed E-state index contributed by atoms with van der Waals surface area (Å²) in [7, 11) is -0.267. The molecule has 4 heterocycles. The number of amides is 1. The first kappa shape index (κ1) is 38.3. The summed E-state index contributed by atoms with van der Waals surface area (Å²) in [5.41, 5.74) is 7.23. The molecule has 0 atom stereocenters. The third kappa shape index (κ3) is 8.21. The van der Waals surface area contributed by atoms with Crippen LogP contribution in [0.15, 0.2) is 48.7 Å². The molecule has 52 heavy (non-hydrogen) atoms. The van der Waals surface area contributed by atoms with Gasteiger partial charge in [-0.1, -0.05) is 74.3 Å². The molecule has 6 rings (SSSR count). The molecule has 0 aliphatic carbocycles. The van der Waals surface area contributed by atoms with E-state index in [1.807, 2.05) is 43.3 Å². The molecule has 0 bridgehead atoms. The fourth-order valence-electron chi connectivity index (χ4n) is 6.39. The van der Waals surface area contributed by atoms with Crippen molar-refractivity contribution in [2.45, 2.75) is 71.4 Å². The van der Waals surface area contributed by atoms with E-state index in [-0.39, 0.29) is 17.0 Å². The normalized spacial score (nSPS) is 15.7. The first-order valence-electron chi connectivity index (χ1n) is 17.7. The first-order valence-corrected chi connectivity index (χ1v) is 21.4. The summed E-state index contributed by atoms with van der Waals surface area (Å²) >= 11 is 14.0. The number of halogens is 2. The van der Waals surface area contributed by atoms with Gasteiger partial charge in [-0.15, -0.1) is 0 Å². The maximum atomic E-state index is 13.7. The molecule has 1 saturated heterocycles. The number of aliphatic hydroxyl groups excluding tert-OH is 1. The predicted octanol–water partition coefficient (Wildman–Crippen LogP) is 7.64. The number of rotatable bonds is 11. The summed E-state index contributed by atoms with van der Waals surface area (Å²) in [6, 6.07) is 12.9. The molecular weight excluding hydrogens is 715 g/mol. The van der Waals surface area contributed by atoms with Crippen molar-refractivity contribution in [2.75, 3.05) is 45.2 Å². The zero-order valence-corrected chi connectivity index (χ0v) is 33.5. The van der Waals surface area contributed by atoms with Gasteiger partial charge in [0.1, 0.15) is 11.4 Å². The van der Waals surface area contributed by atoms with Gasteiger partial charge >= 0.3 is 0 Å². The zero-order chi connectivity index (χ0) is 37.4. The minimum atomic E-state index is -1.83. The van der Waals surface area contributed by atoms with E-state index < -0.39 is 8.32 Å². The number of aryl methyl sites for hydroxylation is 1. The van der Waals surface area contributed by atoms with Crippen LogP contribution in [0.25, 0.3) is 22.4 Å². The predicted molar refractivity (Wildman–Crippen MR) is 210 cm³/mol. The number of nitrogens with zero attached hydrogens (tertiary/aromatic N) is 5. The summed E-state index contributed by atoms with van der Waals surface area (Å²) in [4.78, 5) is 32.3. The molecule has 2 aliphatic rings. The SMILES string of the molecule is COc1nc(-c2cccc(-c3cccc(NC(=O)c4cc(C)c5c(n4)CN(CCO[Si](C)(C)C(C)(C)C)CC5)c3Cl)c2Cl)cnc1CN1CC(O)C1. The van der Waals surface area contributed by atoms with Gasteiger partial charge in [0.15, 0.2) is 8.32 Å². The van der Waals surface area contributed by atoms with Gasteiger partial charge in [-0.05, 0) is 54.7 Å². The van der Waals surface area contributed by atoms with Gasteiger partial charge in [-0.3, -0.25) is 19.6 Å². The van der Waals surface area contributed by atoms with Gasteiger partial charge in [0.05, 0.1) is 46.5 Å². The molecule has 0 spiro atoms. The smallest absolute Gasteiger partial charge is 0.274 e. The van der Waals surface area contributed by atoms with Crippen molar-refractivity contribution in [1.29, 1.82) is 0 Å². The Hall–Kier alpha value is -3.42. The number of nitrogens with one attached hydrogen (secondary N) is 1. The van der Waals surface area contributed by atoms with E-state index in [1.54, 1.807) is 19.4 Å². The van der Waals surface area contributed by atoms with Gasteiger partial charge in [-0.2, -0.15) is 0 Å². The monoisotopic (exact) mass is 762 g/mol. The molecule has 2 aliphatic heterocycles. The van der Waals surface area contributed by atoms with Crippen LogP contribution in [0.2, 0.25) is 28.2 Å². The largest absolute Gasteiger partial charge is 0.480 e. The molecule has 4 aromatic rings. The number of β-amino-alcohol motifs (C(OH)–C–C–N with tert-alkyl or cyclic N) is 1. The number of methoxy groups -OCH3 is 1. The molecule has 2 aromatic carbocycles. The Morgan fingerprint density at radius 2 is 1.73 bits per heavy atom. The van der Waals surface area contributed by atoms with E-state index in [2.05, 4.69) is 54.0 Å². The molecule has 2 aromatic heterocycles. The second-order valence-corrected chi connectivity index (χ2v) is 20.8. The first-order chi connectivity index (χ1) is 24.6. The molecular formula is C39H48Cl2N6O4Si. The second kappa shape index (κ2) is 15.5. The van der Waals surface area contributed by atoms with Gasteiger partial charge in [-0.25, -0.2) is 9.97 Å². The minimum Gasteiger partial charge on any atom is -0.480 e. The summed E-state index contributed by atoms with van der Waals surface area (Å²) in [5, 5.41) is 13.6. The molecule has 276 valence electrons. The zero-order valence-electron chi connectivity index (χ0n) is 31.0. The summed E-state index contributed by atoms with van der Waals surface area (Å²) < 4.78 is 12.0. The fourth-order valence-corrected chi connectivity index (χ4v) is 8.03. The number of hydrogen-bond donors (Lipinski definition) is 2. The maximum Gasteiger partial charge on any atom is 0.274 e. The van der Waals surface area contributed by atoms with Crippen molar-refractivity contribution >= 4 is 43.1 Å². The Balaban J connectivity index is 1.18. The van der Waals surface area contributed by atoms with Crippen LogP contribution in [-0.2, 0) is 23.9 Å². The molecule has 0 saturated carbocycles. The molecule has 1 fully saturated rings. The van der Waals surface area contributed by atoms with Crippen LogP contribution in [0.1, 0.15) is 53.8 Å². The number of ether oxygens (including phenoxy) is 1. The van der Waals surface area contributed by atoms with Crippen LogP contribution in [0, 0.1) is 6.92 Å². The fraction of sp³-hybridized carbons (Fsp3) is 0.436. The number of benzene rings is 2. The maximum absolute atomic E-state index is 13.7. The molecule has 2 N–H and O–H groups in total. The van der Waals surface area contributed by atoms with Crippen LogP contribution in [-0.4, -0.2) is 90.1 Å². The van der Waals surface area contributed by atoms with E-state index in [0.29, 0.717) is 88.2 Å². The number of pyridine rings is 1. The highest BCUT2D eigenvalue weighted by Crippen LogP contribution is 2.41. The van der Waals surface area contributed by atoms with Gasteiger partial charge in [0.2, 0.25) is 5.88 Å². The van der Waals surface area contributed by atoms with E-state index >= 15 is 0 Å². The number of likely N-dealkylation sites (tertiary alicyclic amines) is 1. The highest BCUT2D eigenvalue weighted by Gasteiger charge is 2.37. The van der Waals surface area contributed by atoms with Crippen molar-refractivity contribution in [3.05, 3.63) is 86.9 Å². The molecule has 10 nitrogen and oxygen atoms in total. The van der Waals surface area contributed by atoms with Crippen molar-refractivity contribution in [2.24, 2.45) is 0 Å². The molecule has 0 radical (unpaired) electrons. The Bertz CT molecular complexity index is 1960. The molecule has 13 heteroatoms. The van der Waals surface area contributed by atoms with Crippen molar-refractivity contribution in [1.82, 2.24) is 24.8 Å². The number of aliphatic hydroxyl groups is 1. The lowest BCUT2D eigenvalue weighted by Crippen LogP contribution is -2.50. The molecule has 0 unspecified atom stereocenters. The minimum absolute atomic E-state index is 0.165. The third-order valence-corrected chi connectivity index (χ3v) is 15.9. The topological polar surface area (TPSA) is 113 Å². The standard InChI is InChI=1S/C39H48Cl2N6O4Si/c1-24-18-31(43-33-22-46(15-14-26(24)33)16-17-51-52(6,7)39(2,3)4)37(49)44-30-13-9-11-28(36(30)41)27-10-8-12-29(35(27)40)32-19-42-34(38(45-32)50-5)23-47-20-25(48)21-47/h8-13,18-19,25,48H,14-17,20-23H2,1-7H3,(H,44,49). The number of aromatic nitrogens is 3. The third-order valence-electron chi connectivity index (χ3n) is 10.5. The molecule has 1 amide bonds. The Kier molecular flexibility index (Phi) is 11.4. The average Bonchev–Trinajstić information content (AvgIpc) is 3.08. The highest BCUT2D eigenvalue weighted by atomic mass is 35.5. The van der Waals surface area contributed by atoms with Gasteiger partial charge in [0, 0.05) is 62.6 Å². The van der Waals surface area contributed by atoms with Crippen LogP contribution in [0.3, 0.4) is 0 Å². The van der Waals surface area contributed by atoms with Crippen LogP contribution >= 0.6 is 23.2 Å². The second-order valence-electron chi connectivity index (χ2n) is 15.2. The van der Waals surface area contributed by atoms with Crippen molar-refractivity contribution in [3.8, 4) is 28.3 Å². The summed E-state index contributed by atoms with van der Waals surface area (Å²) in [6.07, 6.45) is 2.25. The quantitative estimate of drug-likeness (QED) is 0.149. The van der Waals surface area contributed by atoms with Crippen LogP contribution < -0.4 is 10.1 Å². The lowest BCUT2D eigenvalue weighted by atomic mass is 9.98. The van der Waals surface area contributed by atoms with Gasteiger partial charge in [0.25, 0.3) is 5.91 Å². The number of anilines is 1. The van der Waals surface area contributed by atoms with Crippen LogP contribution in [0.5, 0.6) is 5.88 Å². The van der Waals surface area contributed by atoms with E-state index in [9.17, 15) is 9.90 Å². The average molecular weight is 764 g/mol. The number of fused-ring (bicyclic) bond motifs is 1. The van der Waals surface area contributed by atoms with Gasteiger partial charge < -0.3 is 19.6 Å². The summed E-state index contributed by atoms with van der Waals surface area (Å²) in [5.74, 6) is 0.0656. The lowest BCUT2D eigenvalue weighted by molar-refractivity contribution is -0.00403. The van der Waals surface area contributed by atoms with E-state index in [1.165, 1.54) is 5.56 Å². The number of carbonyl (C=O) groups excluding carboxylic acids is 1. The highest BCUT2D eigenvalue weighted by molar-refractivity contribution is 6.74. The van der Waals surface area contributed by atoms with Crippen molar-refractivity contribution in [3.63, 3.8) is 0 Å². The Morgan fingerprint density at radius 3 is 2.42 bits per heavy atom. The van der Waals surface area contributed by atoms with Crippen LogP contribution in [0.4, 0.5) is 5.69 Å². The number of carbonyl (C=O) groups is 1. The lowest BCUT2D eigenvalue weighted by Gasteiger charge is -2.37. The Labute approximate surface area is 317 Å². The van der Waals surface area contributed by atoms with E-state index in [0.717, 1.165) is 30.8 Å². The summed E-state index contributed by atoms with van der Waals surface area (Å²) in [6.45, 7) is 18.2. The Morgan fingerprint density at radius 1 is 1.04 bits per heavy atom.